The number of nitro groups is 1. The number of furan rings is 1. The van der Waals surface area contributed by atoms with E-state index in [2.05, 4.69) is 10.5 Å². The Morgan fingerprint density at radius 2 is 1.97 bits per heavy atom. The van der Waals surface area contributed by atoms with Crippen molar-refractivity contribution >= 4 is 17.8 Å². The highest BCUT2D eigenvalue weighted by atomic mass is 16.6. The fraction of sp³-hybridized carbons (Fsp3) is 0.182. The van der Waals surface area contributed by atoms with E-state index < -0.39 is 10.8 Å². The molecule has 9 nitrogen and oxygen atoms in total. The summed E-state index contributed by atoms with van der Waals surface area (Å²) in [6, 6.07) is 13.1. The summed E-state index contributed by atoms with van der Waals surface area (Å²) in [4.78, 5) is 22.3. The second-order valence-corrected chi connectivity index (χ2v) is 6.67. The lowest BCUT2D eigenvalue weighted by molar-refractivity contribution is -0.384. The van der Waals surface area contributed by atoms with Crippen molar-refractivity contribution in [3.05, 3.63) is 75.5 Å². The Labute approximate surface area is 178 Å². The number of carbonyl (C=O) groups is 1. The van der Waals surface area contributed by atoms with Crippen molar-refractivity contribution in [3.63, 3.8) is 0 Å². The molecule has 0 atom stereocenters. The number of hydrogen-bond donors (Lipinski definition) is 1. The molecule has 3 rings (SSSR count). The second-order valence-electron chi connectivity index (χ2n) is 6.67. The van der Waals surface area contributed by atoms with Crippen molar-refractivity contribution in [3.8, 4) is 22.8 Å². The Balaban J connectivity index is 1.58. The van der Waals surface area contributed by atoms with Crippen molar-refractivity contribution in [2.24, 2.45) is 5.10 Å². The van der Waals surface area contributed by atoms with Crippen molar-refractivity contribution < 1.29 is 23.6 Å². The van der Waals surface area contributed by atoms with Gasteiger partial charge in [-0.2, -0.15) is 5.10 Å². The van der Waals surface area contributed by atoms with Gasteiger partial charge in [0.25, 0.3) is 11.6 Å². The maximum absolute atomic E-state index is 11.9. The number of hydrogen-bond acceptors (Lipinski definition) is 7. The van der Waals surface area contributed by atoms with E-state index >= 15 is 0 Å². The SMILES string of the molecule is COc1cc([N+](=O)[O-])ccc1-c1ccc(/C=N\NC(=O)COc2ccc(C)c(C)c2)o1. The minimum atomic E-state index is -0.501. The van der Waals surface area contributed by atoms with Gasteiger partial charge in [-0.1, -0.05) is 6.07 Å². The zero-order valence-corrected chi connectivity index (χ0v) is 17.2. The van der Waals surface area contributed by atoms with E-state index in [-0.39, 0.29) is 12.3 Å². The molecule has 0 unspecified atom stereocenters. The zero-order chi connectivity index (χ0) is 22.4. The van der Waals surface area contributed by atoms with E-state index in [4.69, 9.17) is 13.9 Å². The number of non-ortho nitro benzene ring substituents is 1. The molecule has 1 heterocycles. The molecule has 0 saturated carbocycles. The summed E-state index contributed by atoms with van der Waals surface area (Å²) < 4.78 is 16.3. The molecule has 1 N–H and O–H groups in total. The third-order valence-electron chi connectivity index (χ3n) is 4.52. The van der Waals surface area contributed by atoms with Crippen LogP contribution in [0.25, 0.3) is 11.3 Å². The summed E-state index contributed by atoms with van der Waals surface area (Å²) in [6.45, 7) is 3.79. The molecule has 0 aliphatic carbocycles. The number of nitrogens with one attached hydrogen (secondary N) is 1. The number of benzene rings is 2. The number of rotatable bonds is 8. The summed E-state index contributed by atoms with van der Waals surface area (Å²) in [5.41, 5.74) is 5.06. The number of carbonyl (C=O) groups excluding carboxylic acids is 1. The van der Waals surface area contributed by atoms with Crippen LogP contribution in [-0.4, -0.2) is 30.8 Å². The van der Waals surface area contributed by atoms with Crippen molar-refractivity contribution in [1.82, 2.24) is 5.43 Å². The number of hydrazone groups is 1. The van der Waals surface area contributed by atoms with Gasteiger partial charge in [-0.3, -0.25) is 14.9 Å². The van der Waals surface area contributed by atoms with Gasteiger partial charge in [0.1, 0.15) is 23.0 Å². The first-order valence-electron chi connectivity index (χ1n) is 9.32. The molecule has 0 radical (unpaired) electrons. The van der Waals surface area contributed by atoms with Gasteiger partial charge < -0.3 is 13.9 Å². The Morgan fingerprint density at radius 1 is 1.16 bits per heavy atom. The molecular formula is C22H21N3O6. The fourth-order valence-electron chi connectivity index (χ4n) is 2.72. The first kappa shape index (κ1) is 21.6. The highest BCUT2D eigenvalue weighted by Gasteiger charge is 2.15. The number of aryl methyl sites for hydroxylation is 2. The van der Waals surface area contributed by atoms with Gasteiger partial charge in [0.05, 0.1) is 29.9 Å². The zero-order valence-electron chi connectivity index (χ0n) is 17.2. The Kier molecular flexibility index (Phi) is 6.66. The smallest absolute Gasteiger partial charge is 0.277 e. The standard InChI is InChI=1S/C22H21N3O6/c1-14-4-6-17(10-15(14)2)30-13-22(26)24-23-12-18-7-9-20(31-18)19-8-5-16(25(27)28)11-21(19)29-3/h4-12H,13H2,1-3H3,(H,24,26)/b23-12-. The van der Waals surface area contributed by atoms with E-state index in [1.807, 2.05) is 26.0 Å². The number of nitrogens with zero attached hydrogens (tertiary/aromatic N) is 2. The molecule has 0 spiro atoms. The monoisotopic (exact) mass is 423 g/mol. The van der Waals surface area contributed by atoms with Crippen molar-refractivity contribution in [2.45, 2.75) is 13.8 Å². The van der Waals surface area contributed by atoms with Crippen molar-refractivity contribution in [1.29, 1.82) is 0 Å². The molecule has 0 aliphatic heterocycles. The Hall–Kier alpha value is -4.14. The molecule has 2 aromatic carbocycles. The summed E-state index contributed by atoms with van der Waals surface area (Å²) in [7, 11) is 1.42. The summed E-state index contributed by atoms with van der Waals surface area (Å²) >= 11 is 0. The second kappa shape index (κ2) is 9.57. The topological polar surface area (TPSA) is 116 Å². The lowest BCUT2D eigenvalue weighted by atomic mass is 10.1. The van der Waals surface area contributed by atoms with Crippen LogP contribution in [0.15, 0.2) is 58.0 Å². The van der Waals surface area contributed by atoms with Crippen LogP contribution in [0.5, 0.6) is 11.5 Å². The molecule has 0 aliphatic rings. The average Bonchev–Trinajstić information content (AvgIpc) is 3.22. The molecular weight excluding hydrogens is 402 g/mol. The van der Waals surface area contributed by atoms with E-state index in [0.29, 0.717) is 28.6 Å². The number of nitro benzene ring substituents is 1. The number of methoxy groups -OCH3 is 1. The molecule has 31 heavy (non-hydrogen) atoms. The maximum Gasteiger partial charge on any atom is 0.277 e. The van der Waals surface area contributed by atoms with Crippen LogP contribution < -0.4 is 14.9 Å². The molecule has 0 bridgehead atoms. The Morgan fingerprint density at radius 3 is 2.68 bits per heavy atom. The van der Waals surface area contributed by atoms with Crippen LogP contribution in [0.3, 0.4) is 0 Å². The van der Waals surface area contributed by atoms with Gasteiger partial charge >= 0.3 is 0 Å². The first-order chi connectivity index (χ1) is 14.9. The minimum absolute atomic E-state index is 0.0836. The summed E-state index contributed by atoms with van der Waals surface area (Å²) in [5.74, 6) is 1.32. The van der Waals surface area contributed by atoms with Crippen LogP contribution in [-0.2, 0) is 4.79 Å². The van der Waals surface area contributed by atoms with Crippen LogP contribution >= 0.6 is 0 Å². The maximum atomic E-state index is 11.9. The van der Waals surface area contributed by atoms with Crippen molar-refractivity contribution in [2.75, 3.05) is 13.7 Å². The molecule has 0 saturated heterocycles. The van der Waals surface area contributed by atoms with E-state index in [1.165, 1.54) is 25.5 Å². The fourth-order valence-corrected chi connectivity index (χ4v) is 2.72. The quantitative estimate of drug-likeness (QED) is 0.332. The summed E-state index contributed by atoms with van der Waals surface area (Å²) in [5, 5.41) is 14.8. The number of ether oxygens (including phenoxy) is 2. The van der Waals surface area contributed by atoms with Gasteiger partial charge in [0.15, 0.2) is 6.61 Å². The minimum Gasteiger partial charge on any atom is -0.496 e. The predicted molar refractivity (Wildman–Crippen MR) is 114 cm³/mol. The van der Waals surface area contributed by atoms with E-state index in [9.17, 15) is 14.9 Å². The first-order valence-corrected chi connectivity index (χ1v) is 9.32. The average molecular weight is 423 g/mol. The molecule has 1 aromatic heterocycles. The van der Waals surface area contributed by atoms with Crippen LogP contribution in [0, 0.1) is 24.0 Å². The van der Waals surface area contributed by atoms with E-state index in [0.717, 1.165) is 11.1 Å². The third kappa shape index (κ3) is 5.47. The normalized spacial score (nSPS) is 10.8. The highest BCUT2D eigenvalue weighted by Crippen LogP contribution is 2.34. The largest absolute Gasteiger partial charge is 0.496 e. The van der Waals surface area contributed by atoms with Gasteiger partial charge in [-0.05, 0) is 55.3 Å². The van der Waals surface area contributed by atoms with Gasteiger partial charge in [-0.25, -0.2) is 5.43 Å². The molecule has 0 fully saturated rings. The lowest BCUT2D eigenvalue weighted by Crippen LogP contribution is -2.24. The van der Waals surface area contributed by atoms with E-state index in [1.54, 1.807) is 24.3 Å². The summed E-state index contributed by atoms with van der Waals surface area (Å²) in [6.07, 6.45) is 1.34. The molecule has 1 amide bonds. The van der Waals surface area contributed by atoms with Gasteiger partial charge in [-0.15, -0.1) is 0 Å². The lowest BCUT2D eigenvalue weighted by Gasteiger charge is -2.07. The highest BCUT2D eigenvalue weighted by molar-refractivity contribution is 5.82. The number of amides is 1. The van der Waals surface area contributed by atoms with Crippen LogP contribution in [0.1, 0.15) is 16.9 Å². The van der Waals surface area contributed by atoms with Crippen LogP contribution in [0.2, 0.25) is 0 Å². The third-order valence-corrected chi connectivity index (χ3v) is 4.52. The predicted octanol–water partition coefficient (Wildman–Crippen LogP) is 4.01. The van der Waals surface area contributed by atoms with Gasteiger partial charge in [0, 0.05) is 6.07 Å². The molecule has 9 heteroatoms. The van der Waals surface area contributed by atoms with Crippen LogP contribution in [0.4, 0.5) is 5.69 Å². The Bertz CT molecular complexity index is 1140. The molecule has 3 aromatic rings. The molecule has 160 valence electrons. The van der Waals surface area contributed by atoms with Gasteiger partial charge in [0.2, 0.25) is 0 Å².